The number of carbonyl (C=O) groups is 2. The molecule has 0 aromatic rings. The van der Waals surface area contributed by atoms with Gasteiger partial charge in [-0.1, -0.05) is 6.92 Å². The molecule has 1 atom stereocenters. The fourth-order valence-electron chi connectivity index (χ4n) is 1.76. The summed E-state index contributed by atoms with van der Waals surface area (Å²) in [7, 11) is 0. The molecule has 0 unspecified atom stereocenters. The molecule has 0 radical (unpaired) electrons. The normalized spacial score (nSPS) is 18.8. The van der Waals surface area contributed by atoms with Gasteiger partial charge < -0.3 is 20.4 Å². The van der Waals surface area contributed by atoms with E-state index in [2.05, 4.69) is 12.2 Å². The summed E-state index contributed by atoms with van der Waals surface area (Å²) in [5, 5.41) is 20.1. The van der Waals surface area contributed by atoms with E-state index in [9.17, 15) is 9.59 Å². The predicted octanol–water partition coefficient (Wildman–Crippen LogP) is 0.263. The van der Waals surface area contributed by atoms with Crippen LogP contribution in [-0.4, -0.2) is 52.9 Å². The standard InChI is InChI=1S/C11H20N2O4/c1-8-3-6-13(7-4-8)11(17)12-5-2-9(14)10(15)16/h8-9,14H,2-7H2,1H3,(H,12,17)(H,15,16)/t9-/m0/s1. The fourth-order valence-corrected chi connectivity index (χ4v) is 1.76. The number of nitrogens with zero attached hydrogens (tertiary/aromatic N) is 1. The Balaban J connectivity index is 2.19. The van der Waals surface area contributed by atoms with Gasteiger partial charge in [-0.25, -0.2) is 9.59 Å². The van der Waals surface area contributed by atoms with Crippen LogP contribution >= 0.6 is 0 Å². The summed E-state index contributed by atoms with van der Waals surface area (Å²) < 4.78 is 0. The molecule has 1 aliphatic heterocycles. The maximum absolute atomic E-state index is 11.6. The van der Waals surface area contributed by atoms with Gasteiger partial charge in [-0.15, -0.1) is 0 Å². The Hall–Kier alpha value is -1.30. The topological polar surface area (TPSA) is 89.9 Å². The van der Waals surface area contributed by atoms with E-state index < -0.39 is 12.1 Å². The average molecular weight is 244 g/mol. The zero-order chi connectivity index (χ0) is 12.8. The SMILES string of the molecule is CC1CCN(C(=O)NCC[C@H](O)C(=O)O)CC1. The van der Waals surface area contributed by atoms with Crippen LogP contribution in [0.25, 0.3) is 0 Å². The quantitative estimate of drug-likeness (QED) is 0.662. The van der Waals surface area contributed by atoms with Gasteiger partial charge in [-0.2, -0.15) is 0 Å². The first-order valence-electron chi connectivity index (χ1n) is 5.94. The highest BCUT2D eigenvalue weighted by atomic mass is 16.4. The van der Waals surface area contributed by atoms with Gasteiger partial charge in [0.1, 0.15) is 0 Å². The molecule has 0 aromatic heterocycles. The molecule has 0 saturated carbocycles. The molecular formula is C11H20N2O4. The summed E-state index contributed by atoms with van der Waals surface area (Å²) in [6.45, 7) is 3.83. The van der Waals surface area contributed by atoms with E-state index in [0.717, 1.165) is 25.9 Å². The number of urea groups is 1. The van der Waals surface area contributed by atoms with Gasteiger partial charge in [0, 0.05) is 26.1 Å². The number of rotatable bonds is 4. The smallest absolute Gasteiger partial charge is 0.332 e. The minimum atomic E-state index is -1.41. The Kier molecular flexibility index (Phi) is 5.21. The number of aliphatic carboxylic acids is 1. The monoisotopic (exact) mass is 244 g/mol. The van der Waals surface area contributed by atoms with Crippen molar-refractivity contribution in [3.05, 3.63) is 0 Å². The molecule has 1 saturated heterocycles. The van der Waals surface area contributed by atoms with Crippen molar-refractivity contribution in [1.82, 2.24) is 10.2 Å². The summed E-state index contributed by atoms with van der Waals surface area (Å²) in [5.41, 5.74) is 0. The summed E-state index contributed by atoms with van der Waals surface area (Å²) in [5.74, 6) is -0.598. The van der Waals surface area contributed by atoms with Crippen LogP contribution in [0.2, 0.25) is 0 Å². The lowest BCUT2D eigenvalue weighted by Crippen LogP contribution is -2.45. The summed E-state index contributed by atoms with van der Waals surface area (Å²) in [6, 6.07) is -0.172. The first kappa shape index (κ1) is 13.8. The molecule has 0 spiro atoms. The van der Waals surface area contributed by atoms with E-state index in [1.807, 2.05) is 0 Å². The Morgan fingerprint density at radius 1 is 1.41 bits per heavy atom. The molecule has 3 N–H and O–H groups in total. The highest BCUT2D eigenvalue weighted by Crippen LogP contribution is 2.15. The van der Waals surface area contributed by atoms with E-state index in [1.54, 1.807) is 4.90 Å². The molecule has 1 aliphatic rings. The van der Waals surface area contributed by atoms with Crippen molar-refractivity contribution in [3.8, 4) is 0 Å². The lowest BCUT2D eigenvalue weighted by molar-refractivity contribution is -0.146. The van der Waals surface area contributed by atoms with Gasteiger partial charge in [0.05, 0.1) is 0 Å². The van der Waals surface area contributed by atoms with Crippen molar-refractivity contribution < 1.29 is 19.8 Å². The van der Waals surface area contributed by atoms with Crippen molar-refractivity contribution in [2.24, 2.45) is 5.92 Å². The molecule has 2 amide bonds. The molecule has 0 aromatic carbocycles. The van der Waals surface area contributed by atoms with E-state index in [1.165, 1.54) is 0 Å². The summed E-state index contributed by atoms with van der Waals surface area (Å²) in [6.07, 6.45) is 0.637. The lowest BCUT2D eigenvalue weighted by Gasteiger charge is -2.30. The Bertz CT molecular complexity index is 275. The van der Waals surface area contributed by atoms with Gasteiger partial charge >= 0.3 is 12.0 Å². The van der Waals surface area contributed by atoms with Crippen LogP contribution in [0, 0.1) is 5.92 Å². The number of aliphatic hydroxyl groups is 1. The largest absolute Gasteiger partial charge is 0.479 e. The van der Waals surface area contributed by atoms with Crippen LogP contribution in [0.4, 0.5) is 4.79 Å². The van der Waals surface area contributed by atoms with E-state index >= 15 is 0 Å². The number of aliphatic hydroxyl groups excluding tert-OH is 1. The highest BCUT2D eigenvalue weighted by Gasteiger charge is 2.20. The van der Waals surface area contributed by atoms with Crippen LogP contribution in [0.15, 0.2) is 0 Å². The minimum Gasteiger partial charge on any atom is -0.479 e. The van der Waals surface area contributed by atoms with E-state index in [0.29, 0.717) is 5.92 Å². The van der Waals surface area contributed by atoms with Crippen LogP contribution in [-0.2, 0) is 4.79 Å². The number of amides is 2. The summed E-state index contributed by atoms with van der Waals surface area (Å²) >= 11 is 0. The zero-order valence-corrected chi connectivity index (χ0v) is 10.1. The molecule has 6 heteroatoms. The van der Waals surface area contributed by atoms with Gasteiger partial charge in [-0.3, -0.25) is 0 Å². The van der Waals surface area contributed by atoms with Crippen LogP contribution in [0.1, 0.15) is 26.2 Å². The Labute approximate surface area is 101 Å². The van der Waals surface area contributed by atoms with E-state index in [4.69, 9.17) is 10.2 Å². The molecule has 1 fully saturated rings. The second kappa shape index (κ2) is 6.44. The van der Waals surface area contributed by atoms with Crippen LogP contribution in [0.3, 0.4) is 0 Å². The zero-order valence-electron chi connectivity index (χ0n) is 10.1. The molecule has 98 valence electrons. The van der Waals surface area contributed by atoms with Crippen molar-refractivity contribution in [3.63, 3.8) is 0 Å². The molecule has 1 rings (SSSR count). The van der Waals surface area contributed by atoms with Crippen molar-refractivity contribution in [2.45, 2.75) is 32.3 Å². The number of hydrogen-bond acceptors (Lipinski definition) is 3. The number of carboxylic acids is 1. The number of nitrogens with one attached hydrogen (secondary N) is 1. The maximum atomic E-state index is 11.6. The number of carboxylic acid groups (broad SMARTS) is 1. The third kappa shape index (κ3) is 4.60. The fraction of sp³-hybridized carbons (Fsp3) is 0.818. The molecule has 17 heavy (non-hydrogen) atoms. The third-order valence-electron chi connectivity index (χ3n) is 3.05. The second-order valence-electron chi connectivity index (χ2n) is 4.54. The van der Waals surface area contributed by atoms with Crippen LogP contribution < -0.4 is 5.32 Å². The summed E-state index contributed by atoms with van der Waals surface area (Å²) in [4.78, 5) is 23.7. The first-order chi connectivity index (χ1) is 8.00. The predicted molar refractivity (Wildman–Crippen MR) is 61.6 cm³/mol. The van der Waals surface area contributed by atoms with Gasteiger partial charge in [0.15, 0.2) is 6.10 Å². The third-order valence-corrected chi connectivity index (χ3v) is 3.05. The van der Waals surface area contributed by atoms with Crippen LogP contribution in [0.5, 0.6) is 0 Å². The maximum Gasteiger partial charge on any atom is 0.332 e. The van der Waals surface area contributed by atoms with Crippen molar-refractivity contribution in [1.29, 1.82) is 0 Å². The number of hydrogen-bond donors (Lipinski definition) is 3. The molecule has 1 heterocycles. The minimum absolute atomic E-state index is 0.0331. The number of piperidine rings is 1. The lowest BCUT2D eigenvalue weighted by atomic mass is 10.00. The van der Waals surface area contributed by atoms with Gasteiger partial charge in [-0.05, 0) is 18.8 Å². The van der Waals surface area contributed by atoms with Gasteiger partial charge in [0.2, 0.25) is 0 Å². The first-order valence-corrected chi connectivity index (χ1v) is 5.94. The molecule has 0 bridgehead atoms. The number of carbonyl (C=O) groups excluding carboxylic acids is 1. The van der Waals surface area contributed by atoms with E-state index in [-0.39, 0.29) is 19.0 Å². The van der Waals surface area contributed by atoms with Gasteiger partial charge in [0.25, 0.3) is 0 Å². The van der Waals surface area contributed by atoms with Crippen molar-refractivity contribution in [2.75, 3.05) is 19.6 Å². The second-order valence-corrected chi connectivity index (χ2v) is 4.54. The van der Waals surface area contributed by atoms with Crippen molar-refractivity contribution >= 4 is 12.0 Å². The number of likely N-dealkylation sites (tertiary alicyclic amines) is 1. The Morgan fingerprint density at radius 3 is 2.53 bits per heavy atom. The molecular weight excluding hydrogens is 224 g/mol. The molecule has 0 aliphatic carbocycles. The average Bonchev–Trinajstić information content (AvgIpc) is 2.29. The highest BCUT2D eigenvalue weighted by molar-refractivity contribution is 5.74. The molecule has 6 nitrogen and oxygen atoms in total. The Morgan fingerprint density at radius 2 is 2.00 bits per heavy atom.